The average Bonchev–Trinajstić information content (AvgIpc) is 2.59. The van der Waals surface area contributed by atoms with Crippen molar-refractivity contribution in [1.82, 2.24) is 10.2 Å². The maximum Gasteiger partial charge on any atom is 0.234 e. The highest BCUT2D eigenvalue weighted by Gasteiger charge is 2.07. The van der Waals surface area contributed by atoms with Gasteiger partial charge in [0.2, 0.25) is 5.91 Å². The summed E-state index contributed by atoms with van der Waals surface area (Å²) in [6.45, 7) is 5.61. The van der Waals surface area contributed by atoms with Gasteiger partial charge in [-0.15, -0.1) is 0 Å². The van der Waals surface area contributed by atoms with E-state index in [-0.39, 0.29) is 5.91 Å². The summed E-state index contributed by atoms with van der Waals surface area (Å²) >= 11 is 5.94. The summed E-state index contributed by atoms with van der Waals surface area (Å²) in [5.41, 5.74) is 2.11. The Hall–Kier alpha value is -2.30. The Morgan fingerprint density at radius 1 is 1.24 bits per heavy atom. The Kier molecular flexibility index (Phi) is 7.51. The summed E-state index contributed by atoms with van der Waals surface area (Å²) in [5.74, 6) is 0.791. The number of carbonyl (C=O) groups is 1. The molecule has 2 aromatic rings. The largest absolute Gasteiger partial charge is 0.490 e. The van der Waals surface area contributed by atoms with Crippen molar-refractivity contribution in [3.8, 4) is 5.75 Å². The maximum atomic E-state index is 12.1. The highest BCUT2D eigenvalue weighted by Crippen LogP contribution is 2.13. The van der Waals surface area contributed by atoms with Crippen molar-refractivity contribution in [2.75, 3.05) is 20.2 Å². The molecule has 0 radical (unpaired) electrons. The third-order valence-corrected chi connectivity index (χ3v) is 3.77. The summed E-state index contributed by atoms with van der Waals surface area (Å²) < 4.78 is 5.46. The van der Waals surface area contributed by atoms with Crippen LogP contribution in [0.2, 0.25) is 5.02 Å². The zero-order valence-electron chi connectivity index (χ0n) is 14.4. The van der Waals surface area contributed by atoms with Crippen LogP contribution in [0.3, 0.4) is 0 Å². The van der Waals surface area contributed by atoms with Gasteiger partial charge in [-0.1, -0.05) is 48.5 Å². The molecule has 0 aliphatic heterocycles. The van der Waals surface area contributed by atoms with Gasteiger partial charge in [0.25, 0.3) is 0 Å². The van der Waals surface area contributed by atoms with Gasteiger partial charge in [-0.25, -0.2) is 0 Å². The average molecular weight is 359 g/mol. The first-order valence-electron chi connectivity index (χ1n) is 8.09. The van der Waals surface area contributed by atoms with E-state index in [9.17, 15) is 4.79 Å². The molecule has 0 spiro atoms. The number of rotatable bonds is 9. The van der Waals surface area contributed by atoms with Crippen LogP contribution in [-0.4, -0.2) is 31.0 Å². The molecule has 1 N–H and O–H groups in total. The SMILES string of the molecule is C=CCOc1ccc(CN(C)CC(=O)NCc2cccc(Cl)c2)cc1. The van der Waals surface area contributed by atoms with Crippen molar-refractivity contribution in [2.24, 2.45) is 0 Å². The minimum absolute atomic E-state index is 0.0200. The molecule has 4 nitrogen and oxygen atoms in total. The van der Waals surface area contributed by atoms with Gasteiger partial charge in [0.15, 0.2) is 0 Å². The van der Waals surface area contributed by atoms with E-state index in [1.165, 1.54) is 0 Å². The summed E-state index contributed by atoms with van der Waals surface area (Å²) in [7, 11) is 1.92. The Bertz CT molecular complexity index is 701. The van der Waals surface area contributed by atoms with Gasteiger partial charge in [0.1, 0.15) is 12.4 Å². The molecule has 2 rings (SSSR count). The molecule has 132 valence electrons. The van der Waals surface area contributed by atoms with Crippen LogP contribution in [0.1, 0.15) is 11.1 Å². The van der Waals surface area contributed by atoms with Crippen LogP contribution in [0.4, 0.5) is 0 Å². The smallest absolute Gasteiger partial charge is 0.234 e. The van der Waals surface area contributed by atoms with Gasteiger partial charge in [-0.2, -0.15) is 0 Å². The van der Waals surface area contributed by atoms with Crippen LogP contribution in [0.5, 0.6) is 5.75 Å². The van der Waals surface area contributed by atoms with Gasteiger partial charge < -0.3 is 10.1 Å². The number of hydrogen-bond donors (Lipinski definition) is 1. The van der Waals surface area contributed by atoms with Crippen molar-refractivity contribution < 1.29 is 9.53 Å². The van der Waals surface area contributed by atoms with Crippen LogP contribution in [0.15, 0.2) is 61.2 Å². The fourth-order valence-corrected chi connectivity index (χ4v) is 2.58. The first kappa shape index (κ1) is 19.0. The number of hydrogen-bond acceptors (Lipinski definition) is 3. The van der Waals surface area contributed by atoms with E-state index in [2.05, 4.69) is 11.9 Å². The lowest BCUT2D eigenvalue weighted by molar-refractivity contribution is -0.122. The molecular weight excluding hydrogens is 336 g/mol. The Morgan fingerprint density at radius 3 is 2.68 bits per heavy atom. The Balaban J connectivity index is 1.76. The van der Waals surface area contributed by atoms with Crippen molar-refractivity contribution in [2.45, 2.75) is 13.1 Å². The number of likely N-dealkylation sites (N-methyl/N-ethyl adjacent to an activating group) is 1. The van der Waals surface area contributed by atoms with Crippen molar-refractivity contribution >= 4 is 17.5 Å². The molecule has 5 heteroatoms. The van der Waals surface area contributed by atoms with Crippen LogP contribution in [0.25, 0.3) is 0 Å². The number of ether oxygens (including phenoxy) is 1. The standard InChI is InChI=1S/C20H23ClN2O2/c1-3-11-25-19-9-7-16(8-10-19)14-23(2)15-20(24)22-13-17-5-4-6-18(21)12-17/h3-10,12H,1,11,13-15H2,2H3,(H,22,24). The van der Waals surface area contributed by atoms with Crippen LogP contribution in [-0.2, 0) is 17.9 Å². The van der Waals surface area contributed by atoms with Crippen LogP contribution >= 0.6 is 11.6 Å². The molecular formula is C20H23ClN2O2. The van der Waals surface area contributed by atoms with Crippen molar-refractivity contribution in [3.05, 3.63) is 77.3 Å². The molecule has 0 saturated heterocycles. The minimum Gasteiger partial charge on any atom is -0.490 e. The van der Waals surface area contributed by atoms with E-state index in [0.717, 1.165) is 16.9 Å². The minimum atomic E-state index is -0.0200. The van der Waals surface area contributed by atoms with Gasteiger partial charge in [-0.3, -0.25) is 9.69 Å². The second kappa shape index (κ2) is 9.87. The first-order valence-corrected chi connectivity index (χ1v) is 8.47. The molecule has 0 heterocycles. The Labute approximate surface area is 154 Å². The summed E-state index contributed by atoms with van der Waals surface area (Å²) in [6.07, 6.45) is 1.71. The van der Waals surface area contributed by atoms with E-state index in [4.69, 9.17) is 16.3 Å². The predicted molar refractivity (Wildman–Crippen MR) is 102 cm³/mol. The highest BCUT2D eigenvalue weighted by molar-refractivity contribution is 6.30. The normalized spacial score (nSPS) is 10.5. The summed E-state index contributed by atoms with van der Waals surface area (Å²) in [5, 5.41) is 3.58. The zero-order chi connectivity index (χ0) is 18.1. The number of benzene rings is 2. The first-order chi connectivity index (χ1) is 12.1. The molecule has 0 unspecified atom stereocenters. The molecule has 0 atom stereocenters. The molecule has 0 fully saturated rings. The summed E-state index contributed by atoms with van der Waals surface area (Å²) in [6, 6.07) is 15.3. The molecule has 2 aromatic carbocycles. The van der Waals surface area contributed by atoms with E-state index >= 15 is 0 Å². The monoisotopic (exact) mass is 358 g/mol. The second-order valence-electron chi connectivity index (χ2n) is 5.82. The number of nitrogens with zero attached hydrogens (tertiary/aromatic N) is 1. The number of halogens is 1. The van der Waals surface area contributed by atoms with Crippen molar-refractivity contribution in [1.29, 1.82) is 0 Å². The number of nitrogens with one attached hydrogen (secondary N) is 1. The quantitative estimate of drug-likeness (QED) is 0.696. The van der Waals surface area contributed by atoms with E-state index in [1.54, 1.807) is 6.08 Å². The van der Waals surface area contributed by atoms with Crippen LogP contribution in [0, 0.1) is 0 Å². The molecule has 0 bridgehead atoms. The predicted octanol–water partition coefficient (Wildman–Crippen LogP) is 3.65. The molecule has 0 aromatic heterocycles. The van der Waals surface area contributed by atoms with E-state index in [0.29, 0.717) is 31.3 Å². The zero-order valence-corrected chi connectivity index (χ0v) is 15.1. The van der Waals surface area contributed by atoms with E-state index < -0.39 is 0 Å². The lowest BCUT2D eigenvalue weighted by atomic mass is 10.2. The molecule has 0 saturated carbocycles. The fourth-order valence-electron chi connectivity index (χ4n) is 2.36. The van der Waals surface area contributed by atoms with Gasteiger partial charge in [0.05, 0.1) is 6.54 Å². The molecule has 1 amide bonds. The van der Waals surface area contributed by atoms with Gasteiger partial charge >= 0.3 is 0 Å². The van der Waals surface area contributed by atoms with Crippen molar-refractivity contribution in [3.63, 3.8) is 0 Å². The maximum absolute atomic E-state index is 12.1. The Morgan fingerprint density at radius 2 is 2.00 bits per heavy atom. The number of amides is 1. The topological polar surface area (TPSA) is 41.6 Å². The fraction of sp³-hybridized carbons (Fsp3) is 0.250. The third kappa shape index (κ3) is 6.99. The second-order valence-corrected chi connectivity index (χ2v) is 6.26. The van der Waals surface area contributed by atoms with Gasteiger partial charge in [0, 0.05) is 18.1 Å². The number of carbonyl (C=O) groups excluding carboxylic acids is 1. The lowest BCUT2D eigenvalue weighted by Gasteiger charge is -2.16. The van der Waals surface area contributed by atoms with Crippen LogP contribution < -0.4 is 10.1 Å². The molecule has 25 heavy (non-hydrogen) atoms. The highest BCUT2D eigenvalue weighted by atomic mass is 35.5. The van der Waals surface area contributed by atoms with E-state index in [1.807, 2.05) is 60.5 Å². The lowest BCUT2D eigenvalue weighted by Crippen LogP contribution is -2.34. The molecule has 0 aliphatic rings. The summed E-state index contributed by atoms with van der Waals surface area (Å²) in [4.78, 5) is 14.0. The molecule has 0 aliphatic carbocycles. The third-order valence-electron chi connectivity index (χ3n) is 3.54. The van der Waals surface area contributed by atoms with Gasteiger partial charge in [-0.05, 0) is 42.4 Å².